The first kappa shape index (κ1) is 22.4. The van der Waals surface area contributed by atoms with Crippen molar-refractivity contribution in [2.24, 2.45) is 10.9 Å². The molecule has 0 bridgehead atoms. The molecule has 27 heavy (non-hydrogen) atoms. The summed E-state index contributed by atoms with van der Waals surface area (Å²) in [4.78, 5) is 11.9. The van der Waals surface area contributed by atoms with Gasteiger partial charge in [-0.1, -0.05) is 13.8 Å². The van der Waals surface area contributed by atoms with Crippen LogP contribution in [0.2, 0.25) is 0 Å². The van der Waals surface area contributed by atoms with Crippen LogP contribution in [-0.4, -0.2) is 113 Å². The van der Waals surface area contributed by atoms with Crippen LogP contribution < -0.4 is 10.6 Å². The Kier molecular flexibility index (Phi) is 10.4. The molecule has 2 aliphatic heterocycles. The topological polar surface area (TPSA) is 55.4 Å². The van der Waals surface area contributed by atoms with Crippen LogP contribution in [0.15, 0.2) is 4.99 Å². The Hall–Kier alpha value is -0.890. The Morgan fingerprint density at radius 2 is 1.70 bits per heavy atom. The zero-order chi connectivity index (χ0) is 19.5. The van der Waals surface area contributed by atoms with Crippen LogP contribution in [-0.2, 0) is 4.74 Å². The Balaban J connectivity index is 1.60. The van der Waals surface area contributed by atoms with Crippen LogP contribution >= 0.6 is 0 Å². The van der Waals surface area contributed by atoms with Crippen LogP contribution in [0.3, 0.4) is 0 Å². The Morgan fingerprint density at radius 1 is 1.00 bits per heavy atom. The van der Waals surface area contributed by atoms with E-state index in [1.165, 1.54) is 45.6 Å². The van der Waals surface area contributed by atoms with Gasteiger partial charge in [0.25, 0.3) is 0 Å². The molecule has 0 aliphatic carbocycles. The molecular formula is C20H42N6O. The first-order chi connectivity index (χ1) is 13.1. The maximum absolute atomic E-state index is 5.50. The largest absolute Gasteiger partial charge is 0.379 e. The second-order valence-electron chi connectivity index (χ2n) is 8.19. The van der Waals surface area contributed by atoms with Crippen molar-refractivity contribution in [3.8, 4) is 0 Å². The number of ether oxygens (including phenoxy) is 1. The lowest BCUT2D eigenvalue weighted by atomic mass is 10.0. The fourth-order valence-electron chi connectivity index (χ4n) is 3.86. The van der Waals surface area contributed by atoms with Gasteiger partial charge in [0.2, 0.25) is 0 Å². The summed E-state index contributed by atoms with van der Waals surface area (Å²) >= 11 is 0. The molecule has 2 aliphatic rings. The van der Waals surface area contributed by atoms with Gasteiger partial charge in [-0.25, -0.2) is 0 Å². The summed E-state index contributed by atoms with van der Waals surface area (Å²) in [6.07, 6.45) is 2.43. The van der Waals surface area contributed by atoms with E-state index >= 15 is 0 Å². The zero-order valence-electron chi connectivity index (χ0n) is 18.0. The molecule has 0 spiro atoms. The van der Waals surface area contributed by atoms with E-state index in [-0.39, 0.29) is 0 Å². The van der Waals surface area contributed by atoms with Crippen molar-refractivity contribution in [1.29, 1.82) is 0 Å². The monoisotopic (exact) mass is 382 g/mol. The minimum atomic E-state index is 0.518. The average Bonchev–Trinajstić information content (AvgIpc) is 2.68. The smallest absolute Gasteiger partial charge is 0.191 e. The third-order valence-electron chi connectivity index (χ3n) is 5.78. The summed E-state index contributed by atoms with van der Waals surface area (Å²) in [5.74, 6) is 1.53. The predicted molar refractivity (Wildman–Crippen MR) is 114 cm³/mol. The number of unbranched alkanes of at least 4 members (excludes halogenated alkanes) is 1. The molecule has 2 saturated heterocycles. The SMILES string of the molecule is CN=C(NCCCCN1CCN(C)CC1)NCC(C(C)C)N1CCOCC1. The summed E-state index contributed by atoms with van der Waals surface area (Å²) in [6, 6.07) is 0.518. The van der Waals surface area contributed by atoms with Gasteiger partial charge >= 0.3 is 0 Å². The first-order valence-electron chi connectivity index (χ1n) is 10.8. The number of guanidine groups is 1. The number of likely N-dealkylation sites (N-methyl/N-ethyl adjacent to an activating group) is 1. The molecule has 2 N–H and O–H groups in total. The lowest BCUT2D eigenvalue weighted by molar-refractivity contribution is 0.00752. The normalized spacial score (nSPS) is 22.2. The van der Waals surface area contributed by atoms with E-state index in [2.05, 4.69) is 51.2 Å². The highest BCUT2D eigenvalue weighted by Gasteiger charge is 2.23. The highest BCUT2D eigenvalue weighted by molar-refractivity contribution is 5.79. The second-order valence-corrected chi connectivity index (χ2v) is 8.19. The van der Waals surface area contributed by atoms with Crippen LogP contribution in [0.5, 0.6) is 0 Å². The molecule has 0 radical (unpaired) electrons. The lowest BCUT2D eigenvalue weighted by Gasteiger charge is -2.37. The highest BCUT2D eigenvalue weighted by Crippen LogP contribution is 2.12. The van der Waals surface area contributed by atoms with E-state index in [4.69, 9.17) is 4.74 Å². The Morgan fingerprint density at radius 3 is 2.33 bits per heavy atom. The fraction of sp³-hybridized carbons (Fsp3) is 0.950. The van der Waals surface area contributed by atoms with Gasteiger partial charge in [0.15, 0.2) is 5.96 Å². The van der Waals surface area contributed by atoms with Crippen LogP contribution in [0.25, 0.3) is 0 Å². The molecule has 1 unspecified atom stereocenters. The summed E-state index contributed by atoms with van der Waals surface area (Å²) in [7, 11) is 4.07. The van der Waals surface area contributed by atoms with Gasteiger partial charge in [-0.3, -0.25) is 9.89 Å². The molecule has 0 aromatic carbocycles. The van der Waals surface area contributed by atoms with Crippen molar-refractivity contribution in [2.75, 3.05) is 86.2 Å². The number of morpholine rings is 1. The maximum Gasteiger partial charge on any atom is 0.191 e. The van der Waals surface area contributed by atoms with Crippen molar-refractivity contribution in [1.82, 2.24) is 25.3 Å². The van der Waals surface area contributed by atoms with Crippen LogP contribution in [0.4, 0.5) is 0 Å². The molecule has 0 amide bonds. The number of aliphatic imine (C=N–C) groups is 1. The van der Waals surface area contributed by atoms with E-state index in [1.54, 1.807) is 0 Å². The quantitative estimate of drug-likeness (QED) is 0.345. The number of nitrogens with one attached hydrogen (secondary N) is 2. The van der Waals surface area contributed by atoms with E-state index in [1.807, 2.05) is 7.05 Å². The number of hydrogen-bond donors (Lipinski definition) is 2. The molecule has 0 aromatic rings. The summed E-state index contributed by atoms with van der Waals surface area (Å²) in [5.41, 5.74) is 0. The van der Waals surface area contributed by atoms with E-state index in [0.29, 0.717) is 12.0 Å². The molecule has 7 heteroatoms. The van der Waals surface area contributed by atoms with Crippen molar-refractivity contribution in [3.05, 3.63) is 0 Å². The standard InChI is InChI=1S/C20H42N6O/c1-18(2)19(26-13-15-27-16-14-26)17-23-20(21-3)22-7-5-6-8-25-11-9-24(4)10-12-25/h18-19H,5-17H2,1-4H3,(H2,21,22,23). The Labute approximate surface area is 166 Å². The highest BCUT2D eigenvalue weighted by atomic mass is 16.5. The molecule has 1 atom stereocenters. The number of rotatable bonds is 9. The third kappa shape index (κ3) is 8.34. The van der Waals surface area contributed by atoms with Gasteiger partial charge in [-0.15, -0.1) is 0 Å². The van der Waals surface area contributed by atoms with E-state index in [9.17, 15) is 0 Å². The first-order valence-corrected chi connectivity index (χ1v) is 10.8. The summed E-state index contributed by atoms with van der Waals surface area (Å²) in [6.45, 7) is 16.3. The summed E-state index contributed by atoms with van der Waals surface area (Å²) < 4.78 is 5.50. The number of piperazine rings is 1. The fourth-order valence-corrected chi connectivity index (χ4v) is 3.86. The minimum Gasteiger partial charge on any atom is -0.379 e. The van der Waals surface area contributed by atoms with Crippen molar-refractivity contribution in [2.45, 2.75) is 32.7 Å². The molecule has 2 fully saturated rings. The molecule has 7 nitrogen and oxygen atoms in total. The van der Waals surface area contributed by atoms with Gasteiger partial charge in [0.1, 0.15) is 0 Å². The molecular weight excluding hydrogens is 340 g/mol. The van der Waals surface area contributed by atoms with Crippen molar-refractivity contribution < 1.29 is 4.74 Å². The van der Waals surface area contributed by atoms with Gasteiger partial charge in [0.05, 0.1) is 13.2 Å². The van der Waals surface area contributed by atoms with E-state index < -0.39 is 0 Å². The maximum atomic E-state index is 5.50. The third-order valence-corrected chi connectivity index (χ3v) is 5.78. The molecule has 2 heterocycles. The summed E-state index contributed by atoms with van der Waals surface area (Å²) in [5, 5.41) is 7.01. The molecule has 0 aromatic heterocycles. The molecule has 0 saturated carbocycles. The molecule has 2 rings (SSSR count). The van der Waals surface area contributed by atoms with Gasteiger partial charge in [-0.2, -0.15) is 0 Å². The van der Waals surface area contributed by atoms with Gasteiger partial charge < -0.3 is 25.2 Å². The minimum absolute atomic E-state index is 0.518. The van der Waals surface area contributed by atoms with Crippen molar-refractivity contribution in [3.63, 3.8) is 0 Å². The lowest BCUT2D eigenvalue weighted by Crippen LogP contribution is -2.52. The number of hydrogen-bond acceptors (Lipinski definition) is 5. The van der Waals surface area contributed by atoms with E-state index in [0.717, 1.165) is 45.4 Å². The van der Waals surface area contributed by atoms with Gasteiger partial charge in [0, 0.05) is 65.4 Å². The van der Waals surface area contributed by atoms with Crippen LogP contribution in [0.1, 0.15) is 26.7 Å². The number of nitrogens with zero attached hydrogens (tertiary/aromatic N) is 4. The molecule has 158 valence electrons. The van der Waals surface area contributed by atoms with Crippen molar-refractivity contribution >= 4 is 5.96 Å². The van der Waals surface area contributed by atoms with Gasteiger partial charge in [-0.05, 0) is 32.4 Å². The second kappa shape index (κ2) is 12.5. The predicted octanol–water partition coefficient (Wildman–Crippen LogP) is 0.536. The zero-order valence-corrected chi connectivity index (χ0v) is 18.0. The Bertz CT molecular complexity index is 417. The average molecular weight is 383 g/mol. The van der Waals surface area contributed by atoms with Crippen LogP contribution in [0, 0.1) is 5.92 Å².